The quantitative estimate of drug-likeness (QED) is 0.456. The number of hydrogen-bond acceptors (Lipinski definition) is 7. The van der Waals surface area contributed by atoms with E-state index >= 15 is 0 Å². The van der Waals surface area contributed by atoms with Crippen LogP contribution in [0, 0.1) is 5.92 Å². The molecule has 0 saturated carbocycles. The molecular formula is C24H24Cl2N4O4S. The van der Waals surface area contributed by atoms with E-state index in [4.69, 9.17) is 27.9 Å². The van der Waals surface area contributed by atoms with Gasteiger partial charge in [-0.15, -0.1) is 0 Å². The van der Waals surface area contributed by atoms with Crippen molar-refractivity contribution < 1.29 is 17.9 Å². The van der Waals surface area contributed by atoms with Crippen molar-refractivity contribution in [2.75, 3.05) is 11.4 Å². The summed E-state index contributed by atoms with van der Waals surface area (Å²) in [7, 11) is -4.32. The number of pyridine rings is 2. The molecule has 1 fully saturated rings. The number of nitrogens with one attached hydrogen (secondary N) is 1. The van der Waals surface area contributed by atoms with E-state index in [1.807, 2.05) is 4.90 Å². The van der Waals surface area contributed by atoms with Crippen molar-refractivity contribution in [1.29, 1.82) is 0 Å². The molecule has 0 spiro atoms. The summed E-state index contributed by atoms with van der Waals surface area (Å²) in [5, 5.41) is 0.0610. The van der Waals surface area contributed by atoms with Gasteiger partial charge in [0.1, 0.15) is 16.6 Å². The molecule has 8 nitrogen and oxygen atoms in total. The summed E-state index contributed by atoms with van der Waals surface area (Å²) in [6, 6.07) is 12.1. The van der Waals surface area contributed by atoms with Crippen molar-refractivity contribution in [2.24, 2.45) is 5.92 Å². The van der Waals surface area contributed by atoms with Gasteiger partial charge in [0, 0.05) is 24.3 Å². The van der Waals surface area contributed by atoms with Gasteiger partial charge in [-0.3, -0.25) is 4.79 Å². The van der Waals surface area contributed by atoms with Crippen LogP contribution in [-0.2, 0) is 10.0 Å². The van der Waals surface area contributed by atoms with Gasteiger partial charge in [-0.25, -0.2) is 9.71 Å². The van der Waals surface area contributed by atoms with Crippen LogP contribution < -0.4 is 14.4 Å². The molecule has 1 aliphatic heterocycles. The largest absolute Gasteiger partial charge is 0.437 e. The van der Waals surface area contributed by atoms with E-state index in [0.29, 0.717) is 18.3 Å². The highest BCUT2D eigenvalue weighted by molar-refractivity contribution is 7.90. The number of ether oxygens (including phenoxy) is 1. The first kappa shape index (κ1) is 25.2. The first-order valence-electron chi connectivity index (χ1n) is 10.9. The molecule has 184 valence electrons. The lowest BCUT2D eigenvalue weighted by Crippen LogP contribution is -2.41. The second kappa shape index (κ2) is 9.64. The maximum Gasteiger partial charge on any atom is 0.281 e. The van der Waals surface area contributed by atoms with Crippen LogP contribution in [0.15, 0.2) is 59.8 Å². The lowest BCUT2D eigenvalue weighted by atomic mass is 9.97. The van der Waals surface area contributed by atoms with Crippen molar-refractivity contribution in [1.82, 2.24) is 14.7 Å². The predicted octanol–water partition coefficient (Wildman–Crippen LogP) is 5.32. The molecule has 1 amide bonds. The van der Waals surface area contributed by atoms with Gasteiger partial charge < -0.3 is 9.64 Å². The molecule has 3 aromatic rings. The summed E-state index contributed by atoms with van der Waals surface area (Å²) in [5.41, 5.74) is -0.0624. The van der Waals surface area contributed by atoms with Crippen molar-refractivity contribution in [2.45, 2.75) is 37.8 Å². The number of carbonyl (C=O) groups excluding carboxylic acids is 1. The Morgan fingerprint density at radius 2 is 1.89 bits per heavy atom. The maximum atomic E-state index is 13.1. The number of hydrogen-bond donors (Lipinski definition) is 1. The van der Waals surface area contributed by atoms with Crippen LogP contribution in [0.5, 0.6) is 11.6 Å². The second-order valence-electron chi connectivity index (χ2n) is 9.01. The van der Waals surface area contributed by atoms with E-state index in [9.17, 15) is 13.2 Å². The monoisotopic (exact) mass is 534 g/mol. The number of benzene rings is 1. The highest BCUT2D eigenvalue weighted by atomic mass is 35.5. The van der Waals surface area contributed by atoms with Crippen LogP contribution in [0.1, 0.15) is 37.6 Å². The molecule has 0 bridgehead atoms. The third-order valence-electron chi connectivity index (χ3n) is 5.69. The molecule has 1 N–H and O–H groups in total. The van der Waals surface area contributed by atoms with E-state index in [2.05, 4.69) is 35.5 Å². The van der Waals surface area contributed by atoms with Gasteiger partial charge in [0.2, 0.25) is 5.88 Å². The fraction of sp³-hybridized carbons (Fsp3) is 0.292. The van der Waals surface area contributed by atoms with E-state index in [1.54, 1.807) is 36.5 Å². The molecule has 4 rings (SSSR count). The molecule has 0 radical (unpaired) electrons. The van der Waals surface area contributed by atoms with Crippen molar-refractivity contribution in [3.8, 4) is 11.6 Å². The fourth-order valence-electron chi connectivity index (χ4n) is 4.26. The zero-order valence-corrected chi connectivity index (χ0v) is 21.7. The number of anilines is 1. The van der Waals surface area contributed by atoms with Gasteiger partial charge in [-0.2, -0.15) is 13.4 Å². The second-order valence-corrected chi connectivity index (χ2v) is 11.4. The topological polar surface area (TPSA) is 101 Å². The van der Waals surface area contributed by atoms with Gasteiger partial charge in [0.15, 0.2) is 5.03 Å². The predicted molar refractivity (Wildman–Crippen MR) is 135 cm³/mol. The Morgan fingerprint density at radius 3 is 2.60 bits per heavy atom. The normalized spacial score (nSPS) is 17.3. The average molecular weight is 535 g/mol. The van der Waals surface area contributed by atoms with Crippen LogP contribution in [0.25, 0.3) is 0 Å². The first-order valence-corrected chi connectivity index (χ1v) is 13.1. The van der Waals surface area contributed by atoms with E-state index in [-0.39, 0.29) is 37.8 Å². The molecule has 2 aromatic heterocycles. The molecule has 1 unspecified atom stereocenters. The molecule has 1 aliphatic rings. The minimum Gasteiger partial charge on any atom is -0.437 e. The van der Waals surface area contributed by atoms with Crippen LogP contribution in [0.2, 0.25) is 10.0 Å². The number of nitrogens with zero attached hydrogens (tertiary/aromatic N) is 3. The number of sulfonamides is 1. The molecule has 0 aliphatic carbocycles. The van der Waals surface area contributed by atoms with Crippen LogP contribution in [-0.4, -0.2) is 36.4 Å². The molecule has 1 atom stereocenters. The number of rotatable bonds is 6. The molecule has 1 saturated heterocycles. The van der Waals surface area contributed by atoms with Crippen molar-refractivity contribution in [3.63, 3.8) is 0 Å². The van der Waals surface area contributed by atoms with E-state index < -0.39 is 15.9 Å². The Labute approximate surface area is 214 Å². The minimum atomic E-state index is -4.32. The first-order chi connectivity index (χ1) is 16.5. The van der Waals surface area contributed by atoms with E-state index in [0.717, 1.165) is 6.42 Å². The Balaban J connectivity index is 1.59. The molecular weight excluding hydrogens is 511 g/mol. The van der Waals surface area contributed by atoms with Gasteiger partial charge in [-0.1, -0.05) is 42.3 Å². The number of amides is 1. The van der Waals surface area contributed by atoms with Gasteiger partial charge in [-0.05, 0) is 56.5 Å². The number of aromatic nitrogens is 2. The third kappa shape index (κ3) is 5.37. The summed E-state index contributed by atoms with van der Waals surface area (Å²) < 4.78 is 33.8. The number of halogens is 2. The highest BCUT2D eigenvalue weighted by Gasteiger charge is 2.39. The highest BCUT2D eigenvalue weighted by Crippen LogP contribution is 2.37. The standard InChI is InChI=1S/C24H24Cl2N4O4S/c1-15-13-24(2,3)30(14-15)22-16(7-6-12-27-22)23(31)29-35(32,33)20-11-5-10-19(28-20)34-18-9-4-8-17(25)21(18)26/h4-12,15H,13-14H2,1-3H3,(H,29,31). The van der Waals surface area contributed by atoms with Crippen molar-refractivity contribution >= 4 is 45.0 Å². The van der Waals surface area contributed by atoms with Crippen molar-refractivity contribution in [3.05, 3.63) is 70.3 Å². The van der Waals surface area contributed by atoms with Crippen LogP contribution in [0.4, 0.5) is 5.82 Å². The Morgan fingerprint density at radius 1 is 1.14 bits per heavy atom. The van der Waals surface area contributed by atoms with Gasteiger partial charge in [0.25, 0.3) is 15.9 Å². The average Bonchev–Trinajstić information content (AvgIpc) is 3.08. The molecule has 35 heavy (non-hydrogen) atoms. The maximum absolute atomic E-state index is 13.1. The Hall–Kier alpha value is -2.88. The van der Waals surface area contributed by atoms with Crippen LogP contribution >= 0.6 is 23.2 Å². The summed E-state index contributed by atoms with van der Waals surface area (Å²) in [6.45, 7) is 6.99. The van der Waals surface area contributed by atoms with Gasteiger partial charge >= 0.3 is 0 Å². The fourth-order valence-corrected chi connectivity index (χ4v) is 5.51. The Bertz CT molecular complexity index is 1380. The summed E-state index contributed by atoms with van der Waals surface area (Å²) in [4.78, 5) is 23.6. The lowest BCUT2D eigenvalue weighted by molar-refractivity contribution is 0.0981. The SMILES string of the molecule is CC1CN(c2ncccc2C(=O)NS(=O)(=O)c2cccc(Oc3cccc(Cl)c3Cl)n2)C(C)(C)C1. The summed E-state index contributed by atoms with van der Waals surface area (Å²) in [6.07, 6.45) is 2.51. The van der Waals surface area contributed by atoms with Gasteiger partial charge in [0.05, 0.1) is 10.6 Å². The summed E-state index contributed by atoms with van der Waals surface area (Å²) >= 11 is 12.1. The molecule has 1 aromatic carbocycles. The Kier molecular flexibility index (Phi) is 6.95. The zero-order chi connectivity index (χ0) is 25.4. The lowest BCUT2D eigenvalue weighted by Gasteiger charge is -2.33. The smallest absolute Gasteiger partial charge is 0.281 e. The number of carbonyl (C=O) groups is 1. The molecule has 3 heterocycles. The zero-order valence-electron chi connectivity index (χ0n) is 19.3. The minimum absolute atomic E-state index is 0.0284. The van der Waals surface area contributed by atoms with Crippen LogP contribution in [0.3, 0.4) is 0 Å². The third-order valence-corrected chi connectivity index (χ3v) is 7.72. The molecule has 11 heteroatoms. The summed E-state index contributed by atoms with van der Waals surface area (Å²) in [5.74, 6) is 0.239. The van der Waals surface area contributed by atoms with E-state index in [1.165, 1.54) is 18.2 Å².